The van der Waals surface area contributed by atoms with Gasteiger partial charge in [0, 0.05) is 11.4 Å². The minimum Gasteiger partial charge on any atom is -0.493 e. The third-order valence-corrected chi connectivity index (χ3v) is 2.14. The Morgan fingerprint density at radius 3 is 3.00 bits per heavy atom. The molecular formula is C10H9ClO. The van der Waals surface area contributed by atoms with Gasteiger partial charge < -0.3 is 4.74 Å². The Labute approximate surface area is 76.6 Å². The van der Waals surface area contributed by atoms with E-state index in [0.29, 0.717) is 0 Å². The Hall–Kier alpha value is -0.950. The first kappa shape index (κ1) is 7.69. The van der Waals surface area contributed by atoms with Gasteiger partial charge in [-0.25, -0.2) is 0 Å². The normalized spacial score (nSPS) is 20.9. The summed E-state index contributed by atoms with van der Waals surface area (Å²) in [5.74, 6) is 0. The summed E-state index contributed by atoms with van der Waals surface area (Å²) in [4.78, 5) is 0. The number of hydrogen-bond donors (Lipinski definition) is 0. The Morgan fingerprint density at radius 1 is 1.42 bits per heavy atom. The largest absolute Gasteiger partial charge is 0.493 e. The number of benzene rings is 1. The third-order valence-electron chi connectivity index (χ3n) is 1.91. The van der Waals surface area contributed by atoms with Crippen molar-refractivity contribution < 1.29 is 4.74 Å². The van der Waals surface area contributed by atoms with Crippen LogP contribution in [0.5, 0.6) is 0 Å². The molecule has 2 rings (SSSR count). The molecule has 0 aliphatic carbocycles. The van der Waals surface area contributed by atoms with Crippen LogP contribution in [0.2, 0.25) is 5.02 Å². The second kappa shape index (κ2) is 3.20. The van der Waals surface area contributed by atoms with E-state index in [1.165, 1.54) is 0 Å². The van der Waals surface area contributed by atoms with Crippen molar-refractivity contribution in [1.82, 2.24) is 0 Å². The summed E-state index contributed by atoms with van der Waals surface area (Å²) >= 11 is 5.85. The molecule has 1 unspecified atom stereocenters. The van der Waals surface area contributed by atoms with Crippen molar-refractivity contribution in [1.29, 1.82) is 0 Å². The molecule has 1 aliphatic rings. The molecule has 1 aromatic carbocycles. The van der Waals surface area contributed by atoms with Gasteiger partial charge in [0.25, 0.3) is 0 Å². The van der Waals surface area contributed by atoms with E-state index < -0.39 is 0 Å². The molecule has 62 valence electrons. The van der Waals surface area contributed by atoms with E-state index >= 15 is 0 Å². The van der Waals surface area contributed by atoms with Crippen molar-refractivity contribution in [2.24, 2.45) is 0 Å². The highest BCUT2D eigenvalue weighted by atomic mass is 35.5. The number of ether oxygens (including phenoxy) is 1. The van der Waals surface area contributed by atoms with Gasteiger partial charge in [0.05, 0.1) is 6.26 Å². The van der Waals surface area contributed by atoms with Crippen molar-refractivity contribution in [2.45, 2.75) is 12.5 Å². The van der Waals surface area contributed by atoms with Crippen molar-refractivity contribution >= 4 is 11.6 Å². The van der Waals surface area contributed by atoms with E-state index in [9.17, 15) is 0 Å². The van der Waals surface area contributed by atoms with Crippen molar-refractivity contribution in [2.75, 3.05) is 0 Å². The molecular weight excluding hydrogens is 172 g/mol. The van der Waals surface area contributed by atoms with Crippen molar-refractivity contribution in [3.8, 4) is 0 Å². The fourth-order valence-electron chi connectivity index (χ4n) is 1.31. The highest BCUT2D eigenvalue weighted by Crippen LogP contribution is 2.27. The van der Waals surface area contributed by atoms with Gasteiger partial charge in [-0.3, -0.25) is 0 Å². The lowest BCUT2D eigenvalue weighted by Gasteiger charge is -2.09. The van der Waals surface area contributed by atoms with Crippen LogP contribution < -0.4 is 0 Å². The topological polar surface area (TPSA) is 9.23 Å². The molecule has 0 N–H and O–H groups in total. The summed E-state index contributed by atoms with van der Waals surface area (Å²) < 4.78 is 5.35. The van der Waals surface area contributed by atoms with Crippen LogP contribution in [0.3, 0.4) is 0 Å². The molecule has 0 amide bonds. The fourth-order valence-corrected chi connectivity index (χ4v) is 1.51. The second-order valence-electron chi connectivity index (χ2n) is 2.79. The Bertz CT molecular complexity index is 298. The summed E-state index contributed by atoms with van der Waals surface area (Å²) in [6, 6.07) is 7.79. The fraction of sp³-hybridized carbons (Fsp3) is 0.200. The maximum absolute atomic E-state index is 5.85. The van der Waals surface area contributed by atoms with Gasteiger partial charge >= 0.3 is 0 Å². The van der Waals surface area contributed by atoms with Crippen LogP contribution in [0.1, 0.15) is 18.1 Å². The molecule has 0 saturated carbocycles. The van der Waals surface area contributed by atoms with Gasteiger partial charge in [-0.15, -0.1) is 0 Å². The predicted octanol–water partition coefficient (Wildman–Crippen LogP) is 3.32. The van der Waals surface area contributed by atoms with Crippen molar-refractivity contribution in [3.63, 3.8) is 0 Å². The zero-order chi connectivity index (χ0) is 8.39. The molecule has 1 aliphatic heterocycles. The summed E-state index contributed by atoms with van der Waals surface area (Å²) in [6.45, 7) is 0. The maximum Gasteiger partial charge on any atom is 0.126 e. The molecule has 1 heterocycles. The average Bonchev–Trinajstić information content (AvgIpc) is 2.56. The molecule has 0 aromatic heterocycles. The maximum atomic E-state index is 5.85. The molecule has 2 heteroatoms. The highest BCUT2D eigenvalue weighted by Gasteiger charge is 2.13. The molecule has 0 spiro atoms. The average molecular weight is 181 g/mol. The number of rotatable bonds is 1. The molecule has 0 bridgehead atoms. The first-order valence-corrected chi connectivity index (χ1v) is 4.30. The van der Waals surface area contributed by atoms with Crippen LogP contribution in [-0.4, -0.2) is 0 Å². The monoisotopic (exact) mass is 180 g/mol. The molecule has 0 saturated heterocycles. The molecule has 12 heavy (non-hydrogen) atoms. The minimum atomic E-state index is 0.170. The lowest BCUT2D eigenvalue weighted by molar-refractivity contribution is 0.173. The second-order valence-corrected chi connectivity index (χ2v) is 3.22. The SMILES string of the molecule is Clc1cccc(C2CC=CO2)c1. The molecule has 1 nitrogen and oxygen atoms in total. The minimum absolute atomic E-state index is 0.170. The first-order valence-electron chi connectivity index (χ1n) is 3.92. The molecule has 1 aromatic rings. The summed E-state index contributed by atoms with van der Waals surface area (Å²) in [7, 11) is 0. The quantitative estimate of drug-likeness (QED) is 0.644. The van der Waals surface area contributed by atoms with Gasteiger partial charge in [0.2, 0.25) is 0 Å². The van der Waals surface area contributed by atoms with Crippen LogP contribution in [-0.2, 0) is 4.74 Å². The van der Waals surface area contributed by atoms with Crippen LogP contribution >= 0.6 is 11.6 Å². The van der Waals surface area contributed by atoms with Gasteiger partial charge in [0.15, 0.2) is 0 Å². The van der Waals surface area contributed by atoms with E-state index in [4.69, 9.17) is 16.3 Å². The highest BCUT2D eigenvalue weighted by molar-refractivity contribution is 6.30. The standard InChI is InChI=1S/C10H9ClO/c11-9-4-1-3-8(7-9)10-5-2-6-12-10/h1-4,6-7,10H,5H2. The van der Waals surface area contributed by atoms with E-state index in [0.717, 1.165) is 17.0 Å². The number of hydrogen-bond acceptors (Lipinski definition) is 1. The summed E-state index contributed by atoms with van der Waals surface area (Å²) in [6.07, 6.45) is 4.88. The third kappa shape index (κ3) is 1.46. The van der Waals surface area contributed by atoms with Crippen LogP contribution in [0.4, 0.5) is 0 Å². The lowest BCUT2D eigenvalue weighted by atomic mass is 10.1. The first-order chi connectivity index (χ1) is 5.86. The zero-order valence-electron chi connectivity index (χ0n) is 6.53. The molecule has 0 radical (unpaired) electrons. The van der Waals surface area contributed by atoms with Gasteiger partial charge in [-0.2, -0.15) is 0 Å². The van der Waals surface area contributed by atoms with Crippen LogP contribution in [0.15, 0.2) is 36.6 Å². The molecule has 0 fully saturated rings. The predicted molar refractivity (Wildman–Crippen MR) is 49.0 cm³/mol. The zero-order valence-corrected chi connectivity index (χ0v) is 7.29. The van der Waals surface area contributed by atoms with E-state index in [2.05, 4.69) is 0 Å². The summed E-state index contributed by atoms with van der Waals surface area (Å²) in [5, 5.41) is 0.767. The molecule has 1 atom stereocenters. The van der Waals surface area contributed by atoms with E-state index in [-0.39, 0.29) is 6.10 Å². The van der Waals surface area contributed by atoms with Crippen molar-refractivity contribution in [3.05, 3.63) is 47.2 Å². The smallest absolute Gasteiger partial charge is 0.126 e. The van der Waals surface area contributed by atoms with E-state index in [1.54, 1.807) is 6.26 Å². The Morgan fingerprint density at radius 2 is 2.33 bits per heavy atom. The van der Waals surface area contributed by atoms with Gasteiger partial charge in [-0.1, -0.05) is 23.7 Å². The summed E-state index contributed by atoms with van der Waals surface area (Å²) in [5.41, 5.74) is 1.15. The number of halogens is 1. The van der Waals surface area contributed by atoms with Crippen LogP contribution in [0.25, 0.3) is 0 Å². The van der Waals surface area contributed by atoms with Gasteiger partial charge in [-0.05, 0) is 23.8 Å². The van der Waals surface area contributed by atoms with Gasteiger partial charge in [0.1, 0.15) is 6.10 Å². The van der Waals surface area contributed by atoms with E-state index in [1.807, 2.05) is 30.3 Å². The van der Waals surface area contributed by atoms with Crippen LogP contribution in [0, 0.1) is 0 Å². The Kier molecular flexibility index (Phi) is 2.05. The Balaban J connectivity index is 2.22. The lowest BCUT2D eigenvalue weighted by Crippen LogP contribution is -1.94.